The van der Waals surface area contributed by atoms with Crippen molar-refractivity contribution in [2.24, 2.45) is 5.11 Å². The van der Waals surface area contributed by atoms with Gasteiger partial charge in [-0.3, -0.25) is 24.0 Å². The summed E-state index contributed by atoms with van der Waals surface area (Å²) in [4.78, 5) is 98.0. The number of phenolic OH excluding ortho intramolecular Hbond substituents is 3. The predicted molar refractivity (Wildman–Crippen MR) is 357 cm³/mol. The van der Waals surface area contributed by atoms with Crippen molar-refractivity contribution in [3.63, 3.8) is 0 Å². The lowest BCUT2D eigenvalue weighted by atomic mass is 9.89. The second-order valence-electron chi connectivity index (χ2n) is 20.3. The molecule has 0 radical (unpaired) electrons. The second kappa shape index (κ2) is 26.7. The molecule has 0 atom stereocenters. The van der Waals surface area contributed by atoms with Crippen molar-refractivity contribution in [3.8, 4) is 96.9 Å². The summed E-state index contributed by atoms with van der Waals surface area (Å²) >= 11 is 39.9. The number of phenols is 3. The molecule has 0 aromatic heterocycles. The van der Waals surface area contributed by atoms with Gasteiger partial charge in [0.25, 0.3) is 0 Å². The van der Waals surface area contributed by atoms with Gasteiger partial charge in [-0.15, -0.1) is 6.42 Å². The molecule has 3 aliphatic heterocycles. The summed E-state index contributed by atoms with van der Waals surface area (Å²) in [5, 5.41) is 82.6. The molecule has 6 aliphatic rings. The minimum Gasteiger partial charge on any atom is -0.506 e. The highest BCUT2D eigenvalue weighted by atomic mass is 79.9. The Labute approximate surface area is 567 Å². The Kier molecular flexibility index (Phi) is 18.9. The van der Waals surface area contributed by atoms with E-state index in [1.54, 1.807) is 24.3 Å². The van der Waals surface area contributed by atoms with Gasteiger partial charge < -0.3 is 54.1 Å². The molecule has 8 N–H and O–H groups in total. The minimum atomic E-state index is -1.35. The topological polar surface area (TPSA) is 387 Å². The fraction of sp³-hybridized carbons (Fsp3) is 0.0303. The molecule has 0 bridgehead atoms. The molecule has 3 heterocycles. The molecule has 0 saturated heterocycles. The first kappa shape index (κ1) is 67.1. The van der Waals surface area contributed by atoms with Crippen LogP contribution in [0.2, 0.25) is 30.1 Å². The molecule has 12 rings (SSSR count). The molecule has 474 valence electrons. The monoisotopic (exact) mass is 1460 g/mol. The van der Waals surface area contributed by atoms with Crippen LogP contribution >= 0.6 is 85.5 Å². The number of azide groups is 1. The molecule has 0 spiro atoms. The summed E-state index contributed by atoms with van der Waals surface area (Å²) in [5.74, 6) is -4.93. The number of nitrogens with zero attached hydrogens (tertiary/aromatic N) is 3. The number of benzene rings is 9. The molecule has 29 heteroatoms. The molecule has 3 aliphatic carbocycles. The predicted octanol–water partition coefficient (Wildman–Crippen LogP) is 16.8. The van der Waals surface area contributed by atoms with Crippen LogP contribution in [0, 0.1) is 12.3 Å². The van der Waals surface area contributed by atoms with Crippen LogP contribution < -0.4 is 16.3 Å². The zero-order valence-corrected chi connectivity index (χ0v) is 53.1. The first-order valence-corrected chi connectivity index (χ1v) is 29.6. The zero-order chi connectivity index (χ0) is 68.9. The van der Waals surface area contributed by atoms with E-state index in [2.05, 4.69) is 31.9 Å². The van der Waals surface area contributed by atoms with Gasteiger partial charge in [-0.1, -0.05) is 121 Å². The van der Waals surface area contributed by atoms with E-state index >= 15 is 0 Å². The SMILES string of the molecule is C#Cc1ccc(-c2c3cc(Cl)c(=O)cc-3oc3cc(O)c(Cl)cc23)c(C(=O)O)c1.O=C(O)Cc1c(O)c(Cl)cc2c(-c3ccc(Br)cc3C(=O)O)c3cc(Cl)c(=O)cc-3oc12.[N-]=[N+]=Nc1ccc(-c2c3cc(Cl)c(=O)cc-3oc3c(CC(=O)O)c(O)c(Cl)cc23)c(C(=O)O)c1. The molecular formula is C66H32BrCl6N3O19. The minimum absolute atomic E-state index is 0.0271. The molecule has 6 aromatic carbocycles. The van der Waals surface area contributed by atoms with Gasteiger partial charge in [0.05, 0.1) is 59.7 Å². The first-order chi connectivity index (χ1) is 45.0. The van der Waals surface area contributed by atoms with E-state index in [9.17, 15) is 79.2 Å². The lowest BCUT2D eigenvalue weighted by Gasteiger charge is -2.19. The van der Waals surface area contributed by atoms with Crippen molar-refractivity contribution in [1.82, 2.24) is 0 Å². The highest BCUT2D eigenvalue weighted by molar-refractivity contribution is 9.10. The van der Waals surface area contributed by atoms with Crippen LogP contribution in [0.3, 0.4) is 0 Å². The third-order valence-corrected chi connectivity index (χ3v) is 16.8. The van der Waals surface area contributed by atoms with Crippen LogP contribution in [-0.2, 0) is 22.4 Å². The van der Waals surface area contributed by atoms with Crippen LogP contribution in [0.25, 0.3) is 111 Å². The Bertz CT molecular complexity index is 5560. The smallest absolute Gasteiger partial charge is 0.336 e. The lowest BCUT2D eigenvalue weighted by Crippen LogP contribution is -2.06. The number of aliphatic carboxylic acids is 2. The highest BCUT2D eigenvalue weighted by Gasteiger charge is 2.30. The Morgan fingerprint density at radius 3 is 1.32 bits per heavy atom. The van der Waals surface area contributed by atoms with Crippen molar-refractivity contribution in [1.29, 1.82) is 0 Å². The largest absolute Gasteiger partial charge is 0.506 e. The average molecular weight is 1460 g/mol. The Morgan fingerprint density at radius 2 is 0.884 bits per heavy atom. The highest BCUT2D eigenvalue weighted by Crippen LogP contribution is 2.50. The van der Waals surface area contributed by atoms with E-state index in [-0.39, 0.29) is 136 Å². The number of fused-ring (bicyclic) bond motifs is 6. The molecule has 6 aromatic rings. The third-order valence-electron chi connectivity index (χ3n) is 14.5. The number of carboxylic acid groups (broad SMARTS) is 5. The summed E-state index contributed by atoms with van der Waals surface area (Å²) < 4.78 is 18.0. The summed E-state index contributed by atoms with van der Waals surface area (Å²) in [6, 6.07) is 26.0. The average Bonchev–Trinajstić information content (AvgIpc) is 0.749. The van der Waals surface area contributed by atoms with Crippen molar-refractivity contribution in [2.75, 3.05) is 0 Å². The number of halogens is 7. The number of hydrogen-bond acceptors (Lipinski definition) is 15. The number of carbonyl (C=O) groups is 5. The maximum absolute atomic E-state index is 12.2. The number of aromatic hydroxyl groups is 3. The van der Waals surface area contributed by atoms with E-state index < -0.39 is 70.5 Å². The van der Waals surface area contributed by atoms with E-state index in [0.717, 1.165) is 18.2 Å². The quantitative estimate of drug-likeness (QED) is 0.0196. The van der Waals surface area contributed by atoms with Crippen LogP contribution in [0.4, 0.5) is 5.69 Å². The van der Waals surface area contributed by atoms with Crippen molar-refractivity contribution >= 4 is 154 Å². The van der Waals surface area contributed by atoms with E-state index in [1.165, 1.54) is 72.8 Å². The van der Waals surface area contributed by atoms with Gasteiger partial charge in [-0.05, 0) is 89.0 Å². The van der Waals surface area contributed by atoms with Crippen LogP contribution in [0.5, 0.6) is 17.2 Å². The van der Waals surface area contributed by atoms with Gasteiger partial charge in [0.1, 0.15) is 51.3 Å². The van der Waals surface area contributed by atoms with Crippen LogP contribution in [-0.4, -0.2) is 70.7 Å². The fourth-order valence-electron chi connectivity index (χ4n) is 10.5. The zero-order valence-electron chi connectivity index (χ0n) is 47.0. The van der Waals surface area contributed by atoms with Gasteiger partial charge >= 0.3 is 29.8 Å². The fourth-order valence-corrected chi connectivity index (χ4v) is 11.9. The van der Waals surface area contributed by atoms with Crippen molar-refractivity contribution in [2.45, 2.75) is 12.8 Å². The number of aromatic carboxylic acids is 3. The van der Waals surface area contributed by atoms with Crippen LogP contribution in [0.15, 0.2) is 152 Å². The summed E-state index contributed by atoms with van der Waals surface area (Å²) in [6.07, 6.45) is 4.11. The van der Waals surface area contributed by atoms with Crippen LogP contribution in [0.1, 0.15) is 47.8 Å². The lowest BCUT2D eigenvalue weighted by molar-refractivity contribution is -0.137. The molecule has 0 amide bonds. The summed E-state index contributed by atoms with van der Waals surface area (Å²) in [6.45, 7) is 0. The van der Waals surface area contributed by atoms with E-state index in [0.29, 0.717) is 43.2 Å². The number of terminal acetylenes is 1. The molecule has 0 unspecified atom stereocenters. The molecule has 95 heavy (non-hydrogen) atoms. The number of carboxylic acids is 5. The maximum atomic E-state index is 12.2. The molecule has 22 nitrogen and oxygen atoms in total. The molecular weight excluding hydrogens is 1430 g/mol. The van der Waals surface area contributed by atoms with Gasteiger partial charge in [0.2, 0.25) is 16.3 Å². The summed E-state index contributed by atoms with van der Waals surface area (Å²) in [5.41, 5.74) is 9.60. The third kappa shape index (κ3) is 13.0. The van der Waals surface area contributed by atoms with Crippen molar-refractivity contribution in [3.05, 3.63) is 224 Å². The molecule has 0 fully saturated rings. The van der Waals surface area contributed by atoms with E-state index in [1.807, 2.05) is 0 Å². The van der Waals surface area contributed by atoms with Crippen molar-refractivity contribution < 1.29 is 78.1 Å². The van der Waals surface area contributed by atoms with Gasteiger partial charge in [0.15, 0.2) is 0 Å². The maximum Gasteiger partial charge on any atom is 0.336 e. The molecule has 0 saturated carbocycles. The second-order valence-corrected chi connectivity index (χ2v) is 23.6. The number of rotatable bonds is 11. The standard InChI is InChI=1S/C22H11BrCl2O7.C22H11Cl2N3O7.C22H10Cl2O5/c23-8-1-2-9(10(3-8)22(30)31)19-11-4-14(24)16(26)7-17(11)32-21-12(19)5-15(25)20(29)13(21)6-18(27)28;23-14-4-11-17(7-16(14)28)34-21-12(5-15(24)20(31)13(21)6-18(29)30)19(11)9-2-1-8(26-27-25)3-10(9)22(32)33;1-2-10-3-4-11(12(5-10)22(27)28)21-13-6-15(23)17(25)8-19(13)29-20-9-18(26)16(24)7-14(20)21/h1-5,7,29H,6H2,(H,27,28)(H,30,31);1-5,7,31H,6H2,(H,29,30)(H,32,33);1,3-9,25H,(H,27,28). The van der Waals surface area contributed by atoms with E-state index in [4.69, 9.17) is 94.8 Å². The normalized spacial score (nSPS) is 11.0. The van der Waals surface area contributed by atoms with Gasteiger partial charge in [-0.2, -0.15) is 0 Å². The van der Waals surface area contributed by atoms with Gasteiger partial charge in [0, 0.05) is 106 Å². The Morgan fingerprint density at radius 1 is 0.484 bits per heavy atom. The first-order valence-electron chi connectivity index (χ1n) is 26.5. The Hall–Kier alpha value is -10.8. The summed E-state index contributed by atoms with van der Waals surface area (Å²) in [7, 11) is 0. The Balaban J connectivity index is 0.000000156. The van der Waals surface area contributed by atoms with Gasteiger partial charge in [-0.25, -0.2) is 14.4 Å². The number of hydrogen-bond donors (Lipinski definition) is 8.